The Kier molecular flexibility index (Phi) is 5.73. The van der Waals surface area contributed by atoms with Crippen molar-refractivity contribution in [1.29, 1.82) is 0 Å². The van der Waals surface area contributed by atoms with E-state index in [1.165, 1.54) is 12.1 Å². The van der Waals surface area contributed by atoms with Crippen LogP contribution in [0, 0.1) is 5.82 Å². The molecular weight excluding hydrogens is 335 g/mol. The molecule has 0 saturated heterocycles. The van der Waals surface area contributed by atoms with Gasteiger partial charge in [-0.3, -0.25) is 4.79 Å². The molecule has 0 aromatic heterocycles. The molecule has 0 saturated carbocycles. The number of halogens is 1. The van der Waals surface area contributed by atoms with Crippen LogP contribution < -0.4 is 19.7 Å². The lowest BCUT2D eigenvalue weighted by atomic mass is 10.1. The van der Waals surface area contributed by atoms with Crippen molar-refractivity contribution < 1.29 is 23.6 Å². The normalized spacial score (nSPS) is 15.2. The smallest absolute Gasteiger partial charge is 0.275 e. The van der Waals surface area contributed by atoms with E-state index in [1.807, 2.05) is 32.2 Å². The number of hydrogen-bond acceptors (Lipinski definition) is 3. The molecule has 0 spiro atoms. The summed E-state index contributed by atoms with van der Waals surface area (Å²) in [6.45, 7) is 4.04. The number of rotatable bonds is 6. The predicted octanol–water partition coefficient (Wildman–Crippen LogP) is 1.49. The number of carbonyl (C=O) groups excluding carboxylic acids is 1. The van der Waals surface area contributed by atoms with Gasteiger partial charge in [0, 0.05) is 5.56 Å². The molecule has 2 atom stereocenters. The summed E-state index contributed by atoms with van der Waals surface area (Å²) in [5.41, 5.74) is 1.97. The molecule has 2 aromatic carbocycles. The van der Waals surface area contributed by atoms with Crippen LogP contribution in [0.2, 0.25) is 0 Å². The summed E-state index contributed by atoms with van der Waals surface area (Å²) < 4.78 is 24.1. The molecule has 1 amide bonds. The number of fused-ring (bicyclic) bond motifs is 1. The van der Waals surface area contributed by atoms with Crippen LogP contribution >= 0.6 is 0 Å². The van der Waals surface area contributed by atoms with E-state index in [2.05, 4.69) is 5.32 Å². The van der Waals surface area contributed by atoms with Crippen molar-refractivity contribution >= 4 is 5.91 Å². The lowest BCUT2D eigenvalue weighted by molar-refractivity contribution is -0.885. The van der Waals surface area contributed by atoms with Gasteiger partial charge in [0.25, 0.3) is 5.91 Å². The van der Waals surface area contributed by atoms with Crippen LogP contribution in [0.4, 0.5) is 4.39 Å². The number of nitrogens with one attached hydrogen (secondary N) is 2. The van der Waals surface area contributed by atoms with Gasteiger partial charge >= 0.3 is 0 Å². The van der Waals surface area contributed by atoms with E-state index in [1.54, 1.807) is 12.1 Å². The lowest BCUT2D eigenvalue weighted by Gasteiger charge is -2.21. The van der Waals surface area contributed by atoms with Crippen LogP contribution in [-0.2, 0) is 11.3 Å². The van der Waals surface area contributed by atoms with Crippen LogP contribution in [0.3, 0.4) is 0 Å². The highest BCUT2D eigenvalue weighted by Gasteiger charge is 2.17. The standard InChI is InChI=1S/C20H23FN2O3/c1-14(16-5-8-18-19(11-16)26-10-9-25-18)22-20(24)13-23(2)12-15-3-6-17(21)7-4-15/h3-8,11,14H,9-10,12-13H2,1-2H3,(H,22,24)/p+1/t14-/m0/s1. The minimum absolute atomic E-state index is 0.0352. The first-order chi connectivity index (χ1) is 12.5. The number of ether oxygens (including phenoxy) is 2. The molecule has 1 unspecified atom stereocenters. The second kappa shape index (κ2) is 8.19. The number of likely N-dealkylation sites (N-methyl/N-ethyl adjacent to an activating group) is 1. The molecule has 0 radical (unpaired) electrons. The average molecular weight is 359 g/mol. The highest BCUT2D eigenvalue weighted by atomic mass is 19.1. The Labute approximate surface area is 152 Å². The maximum atomic E-state index is 13.0. The zero-order valence-electron chi connectivity index (χ0n) is 15.0. The quantitative estimate of drug-likeness (QED) is 0.822. The molecule has 2 N–H and O–H groups in total. The van der Waals surface area contributed by atoms with Crippen LogP contribution in [-0.4, -0.2) is 32.7 Å². The van der Waals surface area contributed by atoms with Gasteiger partial charge in [-0.1, -0.05) is 18.2 Å². The maximum Gasteiger partial charge on any atom is 0.275 e. The fraction of sp³-hybridized carbons (Fsp3) is 0.350. The Morgan fingerprint density at radius 1 is 1.15 bits per heavy atom. The second-order valence-electron chi connectivity index (χ2n) is 6.63. The van der Waals surface area contributed by atoms with Crippen LogP contribution in [0.5, 0.6) is 11.5 Å². The number of quaternary nitrogens is 1. The van der Waals surface area contributed by atoms with Crippen LogP contribution in [0.15, 0.2) is 42.5 Å². The van der Waals surface area contributed by atoms with Gasteiger partial charge in [0.1, 0.15) is 25.6 Å². The highest BCUT2D eigenvalue weighted by molar-refractivity contribution is 5.77. The summed E-state index contributed by atoms with van der Waals surface area (Å²) in [5.74, 6) is 1.17. The summed E-state index contributed by atoms with van der Waals surface area (Å²) in [6, 6.07) is 12.0. The van der Waals surface area contributed by atoms with Gasteiger partial charge < -0.3 is 19.7 Å². The summed E-state index contributed by atoms with van der Waals surface area (Å²) in [6.07, 6.45) is 0. The van der Waals surface area contributed by atoms with Crippen molar-refractivity contribution in [2.75, 3.05) is 26.8 Å². The third-order valence-electron chi connectivity index (χ3n) is 4.33. The van der Waals surface area contributed by atoms with Gasteiger partial charge in [0.2, 0.25) is 0 Å². The third-order valence-corrected chi connectivity index (χ3v) is 4.33. The molecule has 5 nitrogen and oxygen atoms in total. The van der Waals surface area contributed by atoms with E-state index < -0.39 is 0 Å². The van der Waals surface area contributed by atoms with Gasteiger partial charge in [-0.05, 0) is 36.8 Å². The number of carbonyl (C=O) groups is 1. The predicted molar refractivity (Wildman–Crippen MR) is 95.8 cm³/mol. The van der Waals surface area contributed by atoms with E-state index in [4.69, 9.17) is 9.47 Å². The summed E-state index contributed by atoms with van der Waals surface area (Å²) >= 11 is 0. The van der Waals surface area contributed by atoms with Crippen molar-refractivity contribution in [3.63, 3.8) is 0 Å². The van der Waals surface area contributed by atoms with Crippen molar-refractivity contribution in [3.8, 4) is 11.5 Å². The molecule has 0 aliphatic carbocycles. The minimum Gasteiger partial charge on any atom is -0.486 e. The van der Waals surface area contributed by atoms with Crippen LogP contribution in [0.25, 0.3) is 0 Å². The summed E-state index contributed by atoms with van der Waals surface area (Å²) in [7, 11) is 1.94. The molecule has 26 heavy (non-hydrogen) atoms. The average Bonchev–Trinajstić information content (AvgIpc) is 2.63. The van der Waals surface area contributed by atoms with Gasteiger partial charge in [-0.25, -0.2) is 4.39 Å². The van der Waals surface area contributed by atoms with E-state index >= 15 is 0 Å². The van der Waals surface area contributed by atoms with Crippen molar-refractivity contribution in [1.82, 2.24) is 5.32 Å². The Morgan fingerprint density at radius 3 is 2.58 bits per heavy atom. The first kappa shape index (κ1) is 18.2. The van der Waals surface area contributed by atoms with Gasteiger partial charge in [0.15, 0.2) is 18.0 Å². The topological polar surface area (TPSA) is 52.0 Å². The van der Waals surface area contributed by atoms with Crippen LogP contribution in [0.1, 0.15) is 24.1 Å². The van der Waals surface area contributed by atoms with Gasteiger partial charge in [-0.2, -0.15) is 0 Å². The number of benzene rings is 2. The summed E-state index contributed by atoms with van der Waals surface area (Å²) in [5, 5.41) is 3.01. The third kappa shape index (κ3) is 4.73. The molecule has 1 aliphatic heterocycles. The monoisotopic (exact) mass is 359 g/mol. The van der Waals surface area contributed by atoms with E-state index in [-0.39, 0.29) is 17.8 Å². The first-order valence-electron chi connectivity index (χ1n) is 8.76. The SMILES string of the molecule is C[C@H](NC(=O)C[NH+](C)Cc1ccc(F)cc1)c1ccc2c(c1)OCCO2. The largest absolute Gasteiger partial charge is 0.486 e. The zero-order chi connectivity index (χ0) is 18.5. The number of amides is 1. The zero-order valence-corrected chi connectivity index (χ0v) is 15.0. The Hall–Kier alpha value is -2.60. The number of hydrogen-bond donors (Lipinski definition) is 2. The Bertz CT molecular complexity index is 764. The fourth-order valence-electron chi connectivity index (χ4n) is 2.99. The molecule has 1 aliphatic rings. The maximum absolute atomic E-state index is 13.0. The summed E-state index contributed by atoms with van der Waals surface area (Å²) in [4.78, 5) is 13.4. The van der Waals surface area contributed by atoms with Gasteiger partial charge in [-0.15, -0.1) is 0 Å². The van der Waals surface area contributed by atoms with Crippen molar-refractivity contribution in [2.45, 2.75) is 19.5 Å². The molecule has 138 valence electrons. The van der Waals surface area contributed by atoms with E-state index in [9.17, 15) is 9.18 Å². The fourth-order valence-corrected chi connectivity index (χ4v) is 2.99. The van der Waals surface area contributed by atoms with Crippen molar-refractivity contribution in [2.24, 2.45) is 0 Å². The molecule has 2 aromatic rings. The molecule has 6 heteroatoms. The molecule has 1 heterocycles. The Morgan fingerprint density at radius 2 is 1.85 bits per heavy atom. The Balaban J connectivity index is 1.53. The minimum atomic E-state index is -0.252. The van der Waals surface area contributed by atoms with E-state index in [0.29, 0.717) is 32.1 Å². The second-order valence-corrected chi connectivity index (χ2v) is 6.63. The first-order valence-corrected chi connectivity index (χ1v) is 8.76. The van der Waals surface area contributed by atoms with Crippen molar-refractivity contribution in [3.05, 3.63) is 59.4 Å². The highest BCUT2D eigenvalue weighted by Crippen LogP contribution is 2.32. The lowest BCUT2D eigenvalue weighted by Crippen LogP contribution is -3.08. The molecule has 0 bridgehead atoms. The van der Waals surface area contributed by atoms with E-state index in [0.717, 1.165) is 21.8 Å². The molecular formula is C20H24FN2O3+. The van der Waals surface area contributed by atoms with Gasteiger partial charge in [0.05, 0.1) is 13.1 Å². The molecule has 3 rings (SSSR count). The molecule has 0 fully saturated rings.